The van der Waals surface area contributed by atoms with Crippen molar-refractivity contribution in [3.63, 3.8) is 0 Å². The van der Waals surface area contributed by atoms with Crippen LogP contribution in [0.25, 0.3) is 0 Å². The maximum atomic E-state index is 12.6. The quantitative estimate of drug-likeness (QED) is 0.780. The predicted octanol–water partition coefficient (Wildman–Crippen LogP) is 1.30. The van der Waals surface area contributed by atoms with Gasteiger partial charge in [-0.15, -0.1) is 0 Å². The Morgan fingerprint density at radius 1 is 1.35 bits per heavy atom. The molecule has 8 heteroatoms. The number of benzene rings is 1. The van der Waals surface area contributed by atoms with Crippen LogP contribution in [0.2, 0.25) is 0 Å². The van der Waals surface area contributed by atoms with E-state index >= 15 is 0 Å². The van der Waals surface area contributed by atoms with Crippen molar-refractivity contribution in [3.8, 4) is 0 Å². The summed E-state index contributed by atoms with van der Waals surface area (Å²) in [6.07, 6.45) is -3.72. The molecule has 0 aliphatic carbocycles. The monoisotopic (exact) mass is 329 g/mol. The first-order valence-corrected chi connectivity index (χ1v) is 7.24. The van der Waals surface area contributed by atoms with Crippen molar-refractivity contribution < 1.29 is 22.8 Å². The topological polar surface area (TPSA) is 70.2 Å². The van der Waals surface area contributed by atoms with Gasteiger partial charge in [0.05, 0.1) is 12.1 Å². The Bertz CT molecular complexity index is 590. The van der Waals surface area contributed by atoms with E-state index in [1.807, 2.05) is 6.92 Å². The van der Waals surface area contributed by atoms with Crippen molar-refractivity contribution in [1.29, 1.82) is 0 Å². The third kappa shape index (κ3) is 4.95. The number of amides is 2. The minimum Gasteiger partial charge on any atom is -0.350 e. The minimum atomic E-state index is -4.51. The third-order valence-electron chi connectivity index (χ3n) is 3.58. The van der Waals surface area contributed by atoms with Crippen LogP contribution in [0.15, 0.2) is 24.3 Å². The molecule has 1 aliphatic rings. The standard InChI is InChI=1S/C15H18F3N3O2/c1-9-5-12(7-19-9)21-13(22)8-20-14(23)10-3-2-4-11(6-10)15(16,17)18/h2-4,6,9,12,19H,5,7-8H2,1H3,(H,20,23)(H,21,22)/t9?,12-/m1/s1. The second-order valence-electron chi connectivity index (χ2n) is 5.57. The molecule has 23 heavy (non-hydrogen) atoms. The van der Waals surface area contributed by atoms with E-state index in [0.29, 0.717) is 12.6 Å². The van der Waals surface area contributed by atoms with Crippen LogP contribution in [-0.4, -0.2) is 37.0 Å². The van der Waals surface area contributed by atoms with Gasteiger partial charge < -0.3 is 16.0 Å². The summed E-state index contributed by atoms with van der Waals surface area (Å²) in [5.74, 6) is -1.09. The van der Waals surface area contributed by atoms with Crippen LogP contribution in [-0.2, 0) is 11.0 Å². The number of carbonyl (C=O) groups excluding carboxylic acids is 2. The Hall–Kier alpha value is -2.09. The molecule has 1 unspecified atom stereocenters. The SMILES string of the molecule is CC1C[C@@H](NC(=O)CNC(=O)c2cccc(C(F)(F)F)c2)CN1. The fourth-order valence-corrected chi connectivity index (χ4v) is 2.42. The largest absolute Gasteiger partial charge is 0.416 e. The summed E-state index contributed by atoms with van der Waals surface area (Å²) >= 11 is 0. The van der Waals surface area contributed by atoms with Crippen molar-refractivity contribution >= 4 is 11.8 Å². The van der Waals surface area contributed by atoms with E-state index in [0.717, 1.165) is 24.6 Å². The van der Waals surface area contributed by atoms with Crippen molar-refractivity contribution in [3.05, 3.63) is 35.4 Å². The number of halogens is 3. The Kier molecular flexibility index (Phi) is 5.25. The van der Waals surface area contributed by atoms with E-state index in [1.165, 1.54) is 6.07 Å². The molecular formula is C15H18F3N3O2. The van der Waals surface area contributed by atoms with E-state index in [9.17, 15) is 22.8 Å². The predicted molar refractivity (Wildman–Crippen MR) is 77.8 cm³/mol. The average Bonchev–Trinajstić information content (AvgIpc) is 2.89. The minimum absolute atomic E-state index is 0.00274. The summed E-state index contributed by atoms with van der Waals surface area (Å²) in [4.78, 5) is 23.6. The lowest BCUT2D eigenvalue weighted by molar-refractivity contribution is -0.137. The number of hydrogen-bond acceptors (Lipinski definition) is 3. The summed E-state index contributed by atoms with van der Waals surface area (Å²) < 4.78 is 37.8. The summed E-state index contributed by atoms with van der Waals surface area (Å²) in [5.41, 5.74) is -1.04. The molecule has 3 N–H and O–H groups in total. The van der Waals surface area contributed by atoms with Gasteiger partial charge in [0.15, 0.2) is 0 Å². The third-order valence-corrected chi connectivity index (χ3v) is 3.58. The normalized spacial score (nSPS) is 21.0. The van der Waals surface area contributed by atoms with Crippen molar-refractivity contribution in [2.75, 3.05) is 13.1 Å². The molecular weight excluding hydrogens is 311 g/mol. The summed E-state index contributed by atoms with van der Waals surface area (Å²) in [5, 5.41) is 8.26. The van der Waals surface area contributed by atoms with Gasteiger partial charge in [-0.25, -0.2) is 0 Å². The number of alkyl halides is 3. The molecule has 2 amide bonds. The molecule has 0 spiro atoms. The van der Waals surface area contributed by atoms with E-state index in [1.54, 1.807) is 0 Å². The summed E-state index contributed by atoms with van der Waals surface area (Å²) in [7, 11) is 0. The number of hydrogen-bond donors (Lipinski definition) is 3. The molecule has 0 saturated carbocycles. The van der Waals surface area contributed by atoms with Gasteiger partial charge in [-0.05, 0) is 31.5 Å². The zero-order chi connectivity index (χ0) is 17.0. The molecule has 1 aliphatic heterocycles. The zero-order valence-electron chi connectivity index (χ0n) is 12.5. The Labute approximate surface area is 131 Å². The van der Waals surface area contributed by atoms with Crippen molar-refractivity contribution in [2.24, 2.45) is 0 Å². The average molecular weight is 329 g/mol. The molecule has 0 aromatic heterocycles. The van der Waals surface area contributed by atoms with Gasteiger partial charge >= 0.3 is 6.18 Å². The molecule has 1 aromatic carbocycles. The molecule has 1 saturated heterocycles. The van der Waals surface area contributed by atoms with Gasteiger partial charge in [0.1, 0.15) is 0 Å². The highest BCUT2D eigenvalue weighted by Crippen LogP contribution is 2.29. The van der Waals surface area contributed by atoms with E-state index < -0.39 is 17.6 Å². The molecule has 2 rings (SSSR count). The highest BCUT2D eigenvalue weighted by Gasteiger charge is 2.31. The summed E-state index contributed by atoms with van der Waals surface area (Å²) in [6, 6.07) is 4.39. The molecule has 2 atom stereocenters. The molecule has 5 nitrogen and oxygen atoms in total. The Morgan fingerprint density at radius 3 is 2.70 bits per heavy atom. The number of carbonyl (C=O) groups is 2. The Morgan fingerprint density at radius 2 is 2.09 bits per heavy atom. The van der Waals surface area contributed by atoms with Crippen LogP contribution >= 0.6 is 0 Å². The smallest absolute Gasteiger partial charge is 0.350 e. The van der Waals surface area contributed by atoms with Crippen LogP contribution in [0, 0.1) is 0 Å². The molecule has 0 bridgehead atoms. The second-order valence-corrected chi connectivity index (χ2v) is 5.57. The highest BCUT2D eigenvalue weighted by molar-refractivity contribution is 5.96. The molecule has 1 fully saturated rings. The van der Waals surface area contributed by atoms with E-state index in [4.69, 9.17) is 0 Å². The van der Waals surface area contributed by atoms with E-state index in [-0.39, 0.29) is 24.1 Å². The fraction of sp³-hybridized carbons (Fsp3) is 0.467. The number of nitrogens with one attached hydrogen (secondary N) is 3. The van der Waals surface area contributed by atoms with Gasteiger partial charge in [-0.2, -0.15) is 13.2 Å². The maximum Gasteiger partial charge on any atom is 0.416 e. The highest BCUT2D eigenvalue weighted by atomic mass is 19.4. The van der Waals surface area contributed by atoms with E-state index in [2.05, 4.69) is 16.0 Å². The summed E-state index contributed by atoms with van der Waals surface area (Å²) in [6.45, 7) is 2.38. The van der Waals surface area contributed by atoms with Crippen LogP contribution in [0.1, 0.15) is 29.3 Å². The van der Waals surface area contributed by atoms with Gasteiger partial charge in [-0.3, -0.25) is 9.59 Å². The first-order valence-electron chi connectivity index (χ1n) is 7.24. The lowest BCUT2D eigenvalue weighted by atomic mass is 10.1. The first kappa shape index (κ1) is 17.3. The zero-order valence-corrected chi connectivity index (χ0v) is 12.5. The van der Waals surface area contributed by atoms with Crippen LogP contribution < -0.4 is 16.0 Å². The van der Waals surface area contributed by atoms with Crippen molar-refractivity contribution in [2.45, 2.75) is 31.6 Å². The first-order chi connectivity index (χ1) is 10.8. The van der Waals surface area contributed by atoms with Gasteiger partial charge in [0.25, 0.3) is 5.91 Å². The lowest BCUT2D eigenvalue weighted by Crippen LogP contribution is -2.42. The molecule has 1 heterocycles. The number of rotatable bonds is 4. The lowest BCUT2D eigenvalue weighted by Gasteiger charge is -2.12. The van der Waals surface area contributed by atoms with Crippen LogP contribution in [0.3, 0.4) is 0 Å². The van der Waals surface area contributed by atoms with Crippen LogP contribution in [0.5, 0.6) is 0 Å². The van der Waals surface area contributed by atoms with Gasteiger partial charge in [-0.1, -0.05) is 6.07 Å². The van der Waals surface area contributed by atoms with Crippen LogP contribution in [0.4, 0.5) is 13.2 Å². The second kappa shape index (κ2) is 6.99. The van der Waals surface area contributed by atoms with Gasteiger partial charge in [0, 0.05) is 24.2 Å². The molecule has 126 valence electrons. The molecule has 1 aromatic rings. The molecule has 0 radical (unpaired) electrons. The fourth-order valence-electron chi connectivity index (χ4n) is 2.42. The maximum absolute atomic E-state index is 12.6. The van der Waals surface area contributed by atoms with Gasteiger partial charge in [0.2, 0.25) is 5.91 Å². The Balaban J connectivity index is 1.86. The van der Waals surface area contributed by atoms with Crippen molar-refractivity contribution in [1.82, 2.24) is 16.0 Å².